The van der Waals surface area contributed by atoms with Crippen LogP contribution in [0.5, 0.6) is 0 Å². The van der Waals surface area contributed by atoms with Crippen molar-refractivity contribution in [3.05, 3.63) is 30.0 Å². The Bertz CT molecular complexity index is 642. The summed E-state index contributed by atoms with van der Waals surface area (Å²) in [5.74, 6) is -0.973. The summed E-state index contributed by atoms with van der Waals surface area (Å²) in [6.45, 7) is 4.02. The van der Waals surface area contributed by atoms with Gasteiger partial charge < -0.3 is 5.11 Å². The van der Waals surface area contributed by atoms with Gasteiger partial charge in [-0.1, -0.05) is 32.0 Å². The zero-order valence-electron chi connectivity index (χ0n) is 10.7. The second-order valence-electron chi connectivity index (χ2n) is 5.64. The standard InChI is InChI=1S/C14H16N2O2/c1-14(2)10(11(14)13(17)18)12-8-6-4-5-7-9(8)15-16(12)3/h4-7,10-11H,1-3H3,(H,17,18)/t10-,11-/m1/s1. The first kappa shape index (κ1) is 11.3. The summed E-state index contributed by atoms with van der Waals surface area (Å²) in [7, 11) is 1.89. The molecule has 1 aliphatic rings. The molecule has 1 fully saturated rings. The van der Waals surface area contributed by atoms with Gasteiger partial charge in [0.2, 0.25) is 0 Å². The van der Waals surface area contributed by atoms with Crippen LogP contribution in [0.4, 0.5) is 0 Å². The summed E-state index contributed by atoms with van der Waals surface area (Å²) >= 11 is 0. The number of carbonyl (C=O) groups is 1. The van der Waals surface area contributed by atoms with Crippen molar-refractivity contribution < 1.29 is 9.90 Å². The Balaban J connectivity index is 2.17. The van der Waals surface area contributed by atoms with Gasteiger partial charge in [0.1, 0.15) is 0 Å². The van der Waals surface area contributed by atoms with E-state index in [9.17, 15) is 9.90 Å². The SMILES string of the molecule is Cn1nc2ccccc2c1[C@H]1[C@H](C(=O)O)C1(C)C. The van der Waals surface area contributed by atoms with Crippen molar-refractivity contribution in [2.45, 2.75) is 19.8 Å². The van der Waals surface area contributed by atoms with Crippen molar-refractivity contribution in [2.24, 2.45) is 18.4 Å². The van der Waals surface area contributed by atoms with Crippen LogP contribution in [0.3, 0.4) is 0 Å². The topological polar surface area (TPSA) is 55.1 Å². The quantitative estimate of drug-likeness (QED) is 0.882. The monoisotopic (exact) mass is 244 g/mol. The minimum atomic E-state index is -0.713. The lowest BCUT2D eigenvalue weighted by Gasteiger charge is -2.03. The van der Waals surface area contributed by atoms with Crippen molar-refractivity contribution in [1.82, 2.24) is 9.78 Å². The third kappa shape index (κ3) is 1.32. The van der Waals surface area contributed by atoms with Crippen LogP contribution in [-0.2, 0) is 11.8 Å². The lowest BCUT2D eigenvalue weighted by atomic mass is 10.0. The number of hydrogen-bond donors (Lipinski definition) is 1. The second kappa shape index (κ2) is 3.34. The average Bonchev–Trinajstić information content (AvgIpc) is 2.70. The van der Waals surface area contributed by atoms with Gasteiger partial charge in [0.25, 0.3) is 0 Å². The minimum Gasteiger partial charge on any atom is -0.481 e. The molecule has 1 saturated carbocycles. The summed E-state index contributed by atoms with van der Waals surface area (Å²) in [5, 5.41) is 14.8. The lowest BCUT2D eigenvalue weighted by molar-refractivity contribution is -0.139. The van der Waals surface area contributed by atoms with E-state index in [0.29, 0.717) is 0 Å². The molecule has 1 heterocycles. The molecule has 0 radical (unpaired) electrons. The van der Waals surface area contributed by atoms with Gasteiger partial charge in [-0.2, -0.15) is 5.10 Å². The Kier molecular flexibility index (Phi) is 2.09. The molecule has 0 saturated heterocycles. The van der Waals surface area contributed by atoms with Crippen molar-refractivity contribution in [3.63, 3.8) is 0 Å². The highest BCUT2D eigenvalue weighted by molar-refractivity contribution is 5.85. The number of carboxylic acid groups (broad SMARTS) is 1. The lowest BCUT2D eigenvalue weighted by Crippen LogP contribution is -2.03. The van der Waals surface area contributed by atoms with Crippen molar-refractivity contribution in [3.8, 4) is 0 Å². The molecule has 1 N–H and O–H groups in total. The molecule has 0 spiro atoms. The maximum atomic E-state index is 11.3. The Morgan fingerprint density at radius 3 is 2.67 bits per heavy atom. The van der Waals surface area contributed by atoms with E-state index in [1.807, 2.05) is 49.8 Å². The average molecular weight is 244 g/mol. The first-order chi connectivity index (χ1) is 8.44. The van der Waals surface area contributed by atoms with Gasteiger partial charge in [0.05, 0.1) is 17.1 Å². The van der Waals surface area contributed by atoms with E-state index in [-0.39, 0.29) is 17.3 Å². The number of hydrogen-bond acceptors (Lipinski definition) is 2. The Labute approximate surface area is 105 Å². The summed E-state index contributed by atoms with van der Waals surface area (Å²) in [5.41, 5.74) is 1.78. The fourth-order valence-electron chi connectivity index (χ4n) is 3.14. The molecule has 1 aromatic heterocycles. The van der Waals surface area contributed by atoms with Crippen molar-refractivity contribution >= 4 is 16.9 Å². The molecular formula is C14H16N2O2. The predicted octanol–water partition coefficient (Wildman–Crippen LogP) is 2.40. The van der Waals surface area contributed by atoms with Crippen LogP contribution >= 0.6 is 0 Å². The highest BCUT2D eigenvalue weighted by atomic mass is 16.4. The second-order valence-corrected chi connectivity index (χ2v) is 5.64. The largest absolute Gasteiger partial charge is 0.481 e. The molecular weight excluding hydrogens is 228 g/mol. The fraction of sp³-hybridized carbons (Fsp3) is 0.429. The van der Waals surface area contributed by atoms with Crippen LogP contribution in [0.15, 0.2) is 24.3 Å². The van der Waals surface area contributed by atoms with Gasteiger partial charge in [-0.3, -0.25) is 9.48 Å². The molecule has 4 heteroatoms. The van der Waals surface area contributed by atoms with E-state index in [1.54, 1.807) is 0 Å². The van der Waals surface area contributed by atoms with Gasteiger partial charge in [-0.05, 0) is 11.5 Å². The van der Waals surface area contributed by atoms with E-state index < -0.39 is 5.97 Å². The van der Waals surface area contributed by atoms with Crippen LogP contribution < -0.4 is 0 Å². The maximum absolute atomic E-state index is 11.3. The third-order valence-electron chi connectivity index (χ3n) is 4.17. The predicted molar refractivity (Wildman–Crippen MR) is 68.4 cm³/mol. The summed E-state index contributed by atoms with van der Waals surface area (Å²) in [6, 6.07) is 7.90. The smallest absolute Gasteiger partial charge is 0.307 e. The van der Waals surface area contributed by atoms with E-state index in [1.165, 1.54) is 0 Å². The number of aliphatic carboxylic acids is 1. The molecule has 3 rings (SSSR count). The summed E-state index contributed by atoms with van der Waals surface area (Å²) in [4.78, 5) is 11.3. The number of nitrogens with zero attached hydrogens (tertiary/aromatic N) is 2. The number of aryl methyl sites for hydroxylation is 1. The zero-order valence-corrected chi connectivity index (χ0v) is 10.7. The minimum absolute atomic E-state index is 0.0485. The molecule has 2 aromatic rings. The van der Waals surface area contributed by atoms with Gasteiger partial charge >= 0.3 is 5.97 Å². The first-order valence-electron chi connectivity index (χ1n) is 6.09. The van der Waals surface area contributed by atoms with E-state index in [2.05, 4.69) is 5.10 Å². The molecule has 0 unspecified atom stereocenters. The highest BCUT2D eigenvalue weighted by Gasteiger charge is 2.64. The van der Waals surface area contributed by atoms with E-state index in [0.717, 1.165) is 16.6 Å². The van der Waals surface area contributed by atoms with Gasteiger partial charge in [0, 0.05) is 18.4 Å². The van der Waals surface area contributed by atoms with Crippen LogP contribution in [0.25, 0.3) is 10.9 Å². The number of rotatable bonds is 2. The molecule has 94 valence electrons. The number of aromatic nitrogens is 2. The molecule has 0 amide bonds. The van der Waals surface area contributed by atoms with Gasteiger partial charge in [0.15, 0.2) is 0 Å². The number of fused-ring (bicyclic) bond motifs is 1. The summed E-state index contributed by atoms with van der Waals surface area (Å²) < 4.78 is 1.83. The first-order valence-corrected chi connectivity index (χ1v) is 6.09. The highest BCUT2D eigenvalue weighted by Crippen LogP contribution is 2.65. The van der Waals surface area contributed by atoms with Crippen LogP contribution in [0.2, 0.25) is 0 Å². The van der Waals surface area contributed by atoms with Crippen LogP contribution in [0.1, 0.15) is 25.5 Å². The fourth-order valence-corrected chi connectivity index (χ4v) is 3.14. The Hall–Kier alpha value is -1.84. The molecule has 0 bridgehead atoms. The van der Waals surface area contributed by atoms with E-state index in [4.69, 9.17) is 0 Å². The van der Waals surface area contributed by atoms with Crippen LogP contribution in [-0.4, -0.2) is 20.9 Å². The van der Waals surface area contributed by atoms with Gasteiger partial charge in [-0.25, -0.2) is 0 Å². The molecule has 1 aromatic carbocycles. The third-order valence-corrected chi connectivity index (χ3v) is 4.17. The van der Waals surface area contributed by atoms with Crippen LogP contribution in [0, 0.1) is 11.3 Å². The molecule has 2 atom stereocenters. The molecule has 1 aliphatic carbocycles. The normalized spacial score (nSPS) is 25.3. The van der Waals surface area contributed by atoms with Gasteiger partial charge in [-0.15, -0.1) is 0 Å². The maximum Gasteiger partial charge on any atom is 0.307 e. The van der Waals surface area contributed by atoms with Crippen molar-refractivity contribution in [2.75, 3.05) is 0 Å². The molecule has 4 nitrogen and oxygen atoms in total. The summed E-state index contributed by atoms with van der Waals surface area (Å²) in [6.07, 6.45) is 0. The Morgan fingerprint density at radius 2 is 2.06 bits per heavy atom. The zero-order chi connectivity index (χ0) is 13.1. The number of benzene rings is 1. The molecule has 18 heavy (non-hydrogen) atoms. The number of carboxylic acids is 1. The van der Waals surface area contributed by atoms with E-state index >= 15 is 0 Å². The Morgan fingerprint density at radius 1 is 1.39 bits per heavy atom. The molecule has 0 aliphatic heterocycles. The van der Waals surface area contributed by atoms with Crippen molar-refractivity contribution in [1.29, 1.82) is 0 Å².